The van der Waals surface area contributed by atoms with Crippen molar-refractivity contribution in [1.29, 1.82) is 0 Å². The van der Waals surface area contributed by atoms with Gasteiger partial charge in [0.2, 0.25) is 5.91 Å². The van der Waals surface area contributed by atoms with E-state index in [0.717, 1.165) is 38.8 Å². The molecule has 0 radical (unpaired) electrons. The highest BCUT2D eigenvalue weighted by molar-refractivity contribution is 5.77. The van der Waals surface area contributed by atoms with Gasteiger partial charge in [-0.15, -0.1) is 0 Å². The SMILES string of the molecule is CCN1CCC[C@@H]1[C@@H]1CCCN1C(=O)CC(F)(F)F. The van der Waals surface area contributed by atoms with Crippen LogP contribution in [0.5, 0.6) is 0 Å². The van der Waals surface area contributed by atoms with Crippen molar-refractivity contribution in [3.05, 3.63) is 0 Å². The molecular weight excluding hydrogens is 257 g/mol. The number of amides is 1. The van der Waals surface area contributed by atoms with Crippen LogP contribution in [0.1, 0.15) is 39.0 Å². The molecule has 19 heavy (non-hydrogen) atoms. The van der Waals surface area contributed by atoms with E-state index < -0.39 is 18.5 Å². The number of hydrogen-bond acceptors (Lipinski definition) is 2. The maximum absolute atomic E-state index is 12.3. The van der Waals surface area contributed by atoms with Gasteiger partial charge in [-0.25, -0.2) is 0 Å². The summed E-state index contributed by atoms with van der Waals surface area (Å²) in [5, 5.41) is 0. The van der Waals surface area contributed by atoms with Gasteiger partial charge < -0.3 is 4.90 Å². The minimum atomic E-state index is -4.40. The van der Waals surface area contributed by atoms with Crippen LogP contribution in [-0.2, 0) is 4.79 Å². The summed E-state index contributed by atoms with van der Waals surface area (Å²) in [5.74, 6) is -0.752. The highest BCUT2D eigenvalue weighted by atomic mass is 19.4. The first kappa shape index (κ1) is 14.6. The standard InChI is InChI=1S/C13H21F3N2O/c1-2-17-7-3-5-10(17)11-6-4-8-18(11)12(19)9-13(14,15)16/h10-11H,2-9H2,1H3/t10-,11+/m1/s1. The van der Waals surface area contributed by atoms with Gasteiger partial charge in [-0.05, 0) is 38.8 Å². The Morgan fingerprint density at radius 2 is 1.79 bits per heavy atom. The third kappa shape index (κ3) is 3.41. The number of likely N-dealkylation sites (tertiary alicyclic amines) is 2. The minimum Gasteiger partial charge on any atom is -0.338 e. The lowest BCUT2D eigenvalue weighted by Gasteiger charge is -2.34. The van der Waals surface area contributed by atoms with E-state index in [1.54, 1.807) is 0 Å². The zero-order valence-corrected chi connectivity index (χ0v) is 11.2. The topological polar surface area (TPSA) is 23.6 Å². The number of halogens is 3. The van der Waals surface area contributed by atoms with Gasteiger partial charge in [0.1, 0.15) is 6.42 Å². The molecule has 0 aromatic carbocycles. The van der Waals surface area contributed by atoms with Gasteiger partial charge in [0.05, 0.1) is 0 Å². The number of carbonyl (C=O) groups excluding carboxylic acids is 1. The summed E-state index contributed by atoms with van der Waals surface area (Å²) in [6.45, 7) is 4.45. The fourth-order valence-corrected chi connectivity index (χ4v) is 3.46. The predicted octanol–water partition coefficient (Wildman–Crippen LogP) is 2.41. The van der Waals surface area contributed by atoms with Crippen LogP contribution in [0, 0.1) is 0 Å². The second-order valence-corrected chi connectivity index (χ2v) is 5.43. The van der Waals surface area contributed by atoms with E-state index in [4.69, 9.17) is 0 Å². The van der Waals surface area contributed by atoms with Crippen LogP contribution in [-0.4, -0.2) is 53.6 Å². The Labute approximate surface area is 111 Å². The van der Waals surface area contributed by atoms with Crippen LogP contribution in [0.3, 0.4) is 0 Å². The molecule has 0 aliphatic carbocycles. The molecule has 2 heterocycles. The lowest BCUT2D eigenvalue weighted by molar-refractivity contribution is -0.162. The molecule has 2 atom stereocenters. The van der Waals surface area contributed by atoms with Crippen molar-refractivity contribution in [3.63, 3.8) is 0 Å². The molecule has 2 rings (SSSR count). The van der Waals surface area contributed by atoms with Crippen LogP contribution >= 0.6 is 0 Å². The number of rotatable bonds is 3. The molecule has 2 aliphatic rings. The van der Waals surface area contributed by atoms with Gasteiger partial charge in [-0.2, -0.15) is 13.2 Å². The molecule has 2 saturated heterocycles. The zero-order chi connectivity index (χ0) is 14.0. The van der Waals surface area contributed by atoms with Crippen LogP contribution in [0.15, 0.2) is 0 Å². The first-order chi connectivity index (χ1) is 8.92. The second kappa shape index (κ2) is 5.69. The van der Waals surface area contributed by atoms with E-state index >= 15 is 0 Å². The monoisotopic (exact) mass is 278 g/mol. The predicted molar refractivity (Wildman–Crippen MR) is 65.7 cm³/mol. The summed E-state index contributed by atoms with van der Waals surface area (Å²) in [6, 6.07) is 0.238. The van der Waals surface area contributed by atoms with Crippen LogP contribution in [0.4, 0.5) is 13.2 Å². The second-order valence-electron chi connectivity index (χ2n) is 5.43. The van der Waals surface area contributed by atoms with Gasteiger partial charge >= 0.3 is 6.18 Å². The van der Waals surface area contributed by atoms with E-state index in [1.807, 2.05) is 0 Å². The Morgan fingerprint density at radius 3 is 2.42 bits per heavy atom. The average Bonchev–Trinajstić information content (AvgIpc) is 2.94. The van der Waals surface area contributed by atoms with Crippen molar-refractivity contribution in [3.8, 4) is 0 Å². The number of hydrogen-bond donors (Lipinski definition) is 0. The molecule has 1 amide bonds. The van der Waals surface area contributed by atoms with Crippen molar-refractivity contribution < 1.29 is 18.0 Å². The number of carbonyl (C=O) groups is 1. The summed E-state index contributed by atoms with van der Waals surface area (Å²) >= 11 is 0. The van der Waals surface area contributed by atoms with E-state index in [1.165, 1.54) is 4.90 Å². The fraction of sp³-hybridized carbons (Fsp3) is 0.923. The molecule has 0 bridgehead atoms. The molecule has 2 fully saturated rings. The molecule has 2 aliphatic heterocycles. The lowest BCUT2D eigenvalue weighted by Crippen LogP contribution is -2.48. The maximum Gasteiger partial charge on any atom is 0.397 e. The normalized spacial score (nSPS) is 29.2. The first-order valence-electron chi connectivity index (χ1n) is 7.02. The Hall–Kier alpha value is -0.780. The first-order valence-corrected chi connectivity index (χ1v) is 7.02. The lowest BCUT2D eigenvalue weighted by atomic mass is 10.0. The van der Waals surface area contributed by atoms with Gasteiger partial charge in [0.25, 0.3) is 0 Å². The Morgan fingerprint density at radius 1 is 1.16 bits per heavy atom. The van der Waals surface area contributed by atoms with E-state index in [0.29, 0.717) is 6.54 Å². The van der Waals surface area contributed by atoms with Gasteiger partial charge in [0.15, 0.2) is 0 Å². The zero-order valence-electron chi connectivity index (χ0n) is 11.2. The molecule has 0 aromatic rings. The average molecular weight is 278 g/mol. The van der Waals surface area contributed by atoms with E-state index in [2.05, 4.69) is 11.8 Å². The highest BCUT2D eigenvalue weighted by Crippen LogP contribution is 2.31. The van der Waals surface area contributed by atoms with Crippen molar-refractivity contribution in [1.82, 2.24) is 9.80 Å². The third-order valence-electron chi connectivity index (χ3n) is 4.24. The van der Waals surface area contributed by atoms with E-state index in [-0.39, 0.29) is 12.1 Å². The summed E-state index contributed by atoms with van der Waals surface area (Å²) in [7, 11) is 0. The number of nitrogens with zero attached hydrogens (tertiary/aromatic N) is 2. The summed E-state index contributed by atoms with van der Waals surface area (Å²) in [5.41, 5.74) is 0. The van der Waals surface area contributed by atoms with Crippen molar-refractivity contribution in [2.24, 2.45) is 0 Å². The Kier molecular flexibility index (Phi) is 4.38. The highest BCUT2D eigenvalue weighted by Gasteiger charge is 2.42. The quantitative estimate of drug-likeness (QED) is 0.791. The van der Waals surface area contributed by atoms with Gasteiger partial charge in [0, 0.05) is 18.6 Å². The summed E-state index contributed by atoms with van der Waals surface area (Å²) in [4.78, 5) is 15.6. The van der Waals surface area contributed by atoms with Crippen LogP contribution < -0.4 is 0 Å². The number of likely N-dealkylation sites (N-methyl/N-ethyl adjacent to an activating group) is 1. The Balaban J connectivity index is 2.02. The smallest absolute Gasteiger partial charge is 0.338 e. The number of alkyl halides is 3. The largest absolute Gasteiger partial charge is 0.397 e. The minimum absolute atomic E-state index is 0.0164. The molecule has 0 N–H and O–H groups in total. The van der Waals surface area contributed by atoms with Crippen molar-refractivity contribution >= 4 is 5.91 Å². The molecule has 0 saturated carbocycles. The molecular formula is C13H21F3N2O. The van der Waals surface area contributed by atoms with Crippen molar-refractivity contribution in [2.75, 3.05) is 19.6 Å². The molecule has 0 spiro atoms. The third-order valence-corrected chi connectivity index (χ3v) is 4.24. The van der Waals surface area contributed by atoms with Crippen LogP contribution in [0.25, 0.3) is 0 Å². The van der Waals surface area contributed by atoms with E-state index in [9.17, 15) is 18.0 Å². The summed E-state index contributed by atoms with van der Waals surface area (Å²) < 4.78 is 37.0. The van der Waals surface area contributed by atoms with Gasteiger partial charge in [-0.3, -0.25) is 9.69 Å². The molecule has 3 nitrogen and oxygen atoms in total. The Bertz CT molecular complexity index is 332. The summed E-state index contributed by atoms with van der Waals surface area (Å²) in [6.07, 6.45) is -1.98. The molecule has 0 unspecified atom stereocenters. The van der Waals surface area contributed by atoms with Gasteiger partial charge in [-0.1, -0.05) is 6.92 Å². The molecule has 0 aromatic heterocycles. The molecule has 6 heteroatoms. The van der Waals surface area contributed by atoms with Crippen LogP contribution in [0.2, 0.25) is 0 Å². The molecule has 110 valence electrons. The maximum atomic E-state index is 12.3. The van der Waals surface area contributed by atoms with Crippen molar-refractivity contribution in [2.45, 2.75) is 57.3 Å². The fourth-order valence-electron chi connectivity index (χ4n) is 3.46.